The lowest BCUT2D eigenvalue weighted by Crippen LogP contribution is -2.36. The number of amides is 1. The summed E-state index contributed by atoms with van der Waals surface area (Å²) in [6.07, 6.45) is 2.56. The molecule has 0 unspecified atom stereocenters. The number of aromatic amines is 1. The number of carbonyl (C=O) groups excluding carboxylic acids is 1. The fourth-order valence-electron chi connectivity index (χ4n) is 4.01. The number of sulfonamides is 1. The second kappa shape index (κ2) is 9.82. The van der Waals surface area contributed by atoms with Crippen molar-refractivity contribution < 1.29 is 17.9 Å². The molecule has 10 nitrogen and oxygen atoms in total. The molecule has 0 aliphatic carbocycles. The number of aromatic nitrogens is 2. The predicted molar refractivity (Wildman–Crippen MR) is 128 cm³/mol. The van der Waals surface area contributed by atoms with Crippen molar-refractivity contribution in [2.45, 2.75) is 37.6 Å². The number of nitrogens with zero attached hydrogens (tertiary/aromatic N) is 2. The van der Waals surface area contributed by atoms with Crippen LogP contribution < -0.4 is 21.2 Å². The van der Waals surface area contributed by atoms with Gasteiger partial charge in [-0.15, -0.1) is 0 Å². The molecular weight excluding hydrogens is 460 g/mol. The lowest BCUT2D eigenvalue weighted by atomic mass is 10.2. The third-order valence-corrected chi connectivity index (χ3v) is 7.57. The molecule has 11 heteroatoms. The molecule has 1 amide bonds. The maximum atomic E-state index is 13.3. The second-order valence-corrected chi connectivity index (χ2v) is 9.89. The zero-order chi connectivity index (χ0) is 24.3. The molecule has 0 atom stereocenters. The molecular formula is C23H26N4O6S. The first-order chi connectivity index (χ1) is 16.3. The van der Waals surface area contributed by atoms with E-state index < -0.39 is 33.6 Å². The third-order valence-electron chi connectivity index (χ3n) is 5.65. The van der Waals surface area contributed by atoms with E-state index in [9.17, 15) is 22.8 Å². The number of nitrogens with one attached hydrogen (secondary N) is 2. The van der Waals surface area contributed by atoms with Gasteiger partial charge < -0.3 is 10.1 Å². The first-order valence-corrected chi connectivity index (χ1v) is 12.5. The van der Waals surface area contributed by atoms with Gasteiger partial charge >= 0.3 is 0 Å². The average Bonchev–Trinajstić information content (AvgIpc) is 2.84. The quantitative estimate of drug-likeness (QED) is 0.525. The molecule has 0 radical (unpaired) electrons. The van der Waals surface area contributed by atoms with E-state index in [1.807, 2.05) is 0 Å². The van der Waals surface area contributed by atoms with E-state index in [2.05, 4.69) is 10.4 Å². The van der Waals surface area contributed by atoms with Crippen LogP contribution in [-0.2, 0) is 21.4 Å². The summed E-state index contributed by atoms with van der Waals surface area (Å²) in [5, 5.41) is 5.46. The van der Waals surface area contributed by atoms with Crippen LogP contribution in [0.3, 0.4) is 0 Å². The summed E-state index contributed by atoms with van der Waals surface area (Å²) in [6.45, 7) is 2.47. The van der Waals surface area contributed by atoms with Crippen molar-refractivity contribution in [1.82, 2.24) is 14.1 Å². The smallest absolute Gasteiger partial charge is 0.273 e. The van der Waals surface area contributed by atoms with Crippen molar-refractivity contribution in [3.63, 3.8) is 0 Å². The minimum Gasteiger partial charge on any atom is -0.492 e. The fourth-order valence-corrected chi connectivity index (χ4v) is 5.68. The lowest BCUT2D eigenvalue weighted by molar-refractivity contribution is -0.117. The molecule has 1 aliphatic rings. The van der Waals surface area contributed by atoms with Crippen molar-refractivity contribution in [3.05, 3.63) is 63.2 Å². The molecule has 2 heterocycles. The Morgan fingerprint density at radius 2 is 1.76 bits per heavy atom. The third kappa shape index (κ3) is 4.75. The standard InChI is InChI=1S/C23H26N4O6S/c1-2-33-19-11-10-16(14-20(19)34(31,32)26-12-6-3-7-13-26)24-21(28)15-27-23(30)18-9-5-4-8-17(18)22(29)25-27/h4-5,8-11,14H,2-3,6-7,12-13,15H2,1H3,(H,24,28)(H,25,29). The number of hydrogen-bond donors (Lipinski definition) is 2. The first-order valence-electron chi connectivity index (χ1n) is 11.1. The van der Waals surface area contributed by atoms with Gasteiger partial charge in [-0.05, 0) is 50.1 Å². The number of carbonyl (C=O) groups is 1. The maximum Gasteiger partial charge on any atom is 0.273 e. The normalized spacial score (nSPS) is 14.7. The van der Waals surface area contributed by atoms with Crippen LogP contribution in [0.2, 0.25) is 0 Å². The van der Waals surface area contributed by atoms with E-state index in [1.54, 1.807) is 19.1 Å². The minimum absolute atomic E-state index is 0.0228. The van der Waals surface area contributed by atoms with Crippen LogP contribution in [0.1, 0.15) is 26.2 Å². The van der Waals surface area contributed by atoms with Crippen molar-refractivity contribution in [2.24, 2.45) is 0 Å². The van der Waals surface area contributed by atoms with Crippen LogP contribution in [0.4, 0.5) is 5.69 Å². The number of hydrogen-bond acceptors (Lipinski definition) is 6. The highest BCUT2D eigenvalue weighted by molar-refractivity contribution is 7.89. The molecule has 1 fully saturated rings. The number of H-pyrrole nitrogens is 1. The Morgan fingerprint density at radius 3 is 2.47 bits per heavy atom. The molecule has 2 N–H and O–H groups in total. The minimum atomic E-state index is -3.81. The monoisotopic (exact) mass is 486 g/mol. The Balaban J connectivity index is 1.61. The van der Waals surface area contributed by atoms with Gasteiger partial charge in [0.1, 0.15) is 17.2 Å². The largest absolute Gasteiger partial charge is 0.492 e. The molecule has 4 rings (SSSR count). The fraction of sp³-hybridized carbons (Fsp3) is 0.348. The molecule has 0 saturated carbocycles. The molecule has 1 aliphatic heterocycles. The highest BCUT2D eigenvalue weighted by Crippen LogP contribution is 2.31. The van der Waals surface area contributed by atoms with E-state index >= 15 is 0 Å². The van der Waals surface area contributed by atoms with Gasteiger partial charge in [-0.3, -0.25) is 19.5 Å². The van der Waals surface area contributed by atoms with Gasteiger partial charge in [0.2, 0.25) is 15.9 Å². The molecule has 1 aromatic heterocycles. The van der Waals surface area contributed by atoms with E-state index in [0.717, 1.165) is 23.9 Å². The van der Waals surface area contributed by atoms with E-state index in [-0.39, 0.29) is 33.7 Å². The number of ether oxygens (including phenoxy) is 1. The molecule has 34 heavy (non-hydrogen) atoms. The summed E-state index contributed by atoms with van der Waals surface area (Å²) in [6, 6.07) is 10.7. The Kier molecular flexibility index (Phi) is 6.85. The van der Waals surface area contributed by atoms with Gasteiger partial charge in [0, 0.05) is 18.8 Å². The first kappa shape index (κ1) is 23.7. The van der Waals surface area contributed by atoms with Crippen LogP contribution in [0, 0.1) is 0 Å². The van der Waals surface area contributed by atoms with E-state index in [4.69, 9.17) is 4.74 Å². The van der Waals surface area contributed by atoms with E-state index in [0.29, 0.717) is 13.1 Å². The Hall–Kier alpha value is -3.44. The topological polar surface area (TPSA) is 131 Å². The van der Waals surface area contributed by atoms with Crippen molar-refractivity contribution in [1.29, 1.82) is 0 Å². The maximum absolute atomic E-state index is 13.3. The van der Waals surface area contributed by atoms with Crippen LogP contribution in [0.5, 0.6) is 5.75 Å². The number of fused-ring (bicyclic) bond motifs is 1. The molecule has 3 aromatic rings. The molecule has 0 spiro atoms. The number of anilines is 1. The van der Waals surface area contributed by atoms with Gasteiger partial charge in [0.05, 0.1) is 17.4 Å². The molecule has 0 bridgehead atoms. The Bertz CT molecular complexity index is 1440. The van der Waals surface area contributed by atoms with Gasteiger partial charge in [0.15, 0.2) is 0 Å². The van der Waals surface area contributed by atoms with Crippen LogP contribution in [0.15, 0.2) is 56.9 Å². The second-order valence-electron chi connectivity index (χ2n) is 7.99. The molecule has 2 aromatic carbocycles. The number of benzene rings is 2. The summed E-state index contributed by atoms with van der Waals surface area (Å²) < 4.78 is 34.4. The summed E-state index contributed by atoms with van der Waals surface area (Å²) >= 11 is 0. The number of piperidine rings is 1. The Morgan fingerprint density at radius 1 is 1.06 bits per heavy atom. The van der Waals surface area contributed by atoms with E-state index in [1.165, 1.54) is 34.6 Å². The van der Waals surface area contributed by atoms with Crippen LogP contribution in [-0.4, -0.2) is 48.1 Å². The highest BCUT2D eigenvalue weighted by atomic mass is 32.2. The highest BCUT2D eigenvalue weighted by Gasteiger charge is 2.29. The molecule has 1 saturated heterocycles. The molecule has 180 valence electrons. The van der Waals surface area contributed by atoms with Crippen LogP contribution >= 0.6 is 0 Å². The summed E-state index contributed by atoms with van der Waals surface area (Å²) in [5.41, 5.74) is -0.760. The lowest BCUT2D eigenvalue weighted by Gasteiger charge is -2.27. The van der Waals surface area contributed by atoms with Crippen molar-refractivity contribution >= 4 is 32.4 Å². The summed E-state index contributed by atoms with van der Waals surface area (Å²) in [5.74, 6) is -0.389. The summed E-state index contributed by atoms with van der Waals surface area (Å²) in [4.78, 5) is 37.6. The van der Waals surface area contributed by atoms with Gasteiger partial charge in [-0.2, -0.15) is 4.31 Å². The van der Waals surface area contributed by atoms with Gasteiger partial charge in [0.25, 0.3) is 11.1 Å². The average molecular weight is 487 g/mol. The Labute approximate surface area is 196 Å². The predicted octanol–water partition coefficient (Wildman–Crippen LogP) is 1.90. The van der Waals surface area contributed by atoms with Gasteiger partial charge in [-0.1, -0.05) is 18.6 Å². The number of rotatable bonds is 7. The SMILES string of the molecule is CCOc1ccc(NC(=O)Cn2[nH]c(=O)c3ccccc3c2=O)cc1S(=O)(=O)N1CCCCC1. The zero-order valence-corrected chi connectivity index (χ0v) is 19.6. The van der Waals surface area contributed by atoms with Gasteiger partial charge in [-0.25, -0.2) is 13.1 Å². The van der Waals surface area contributed by atoms with Crippen molar-refractivity contribution in [3.8, 4) is 5.75 Å². The van der Waals surface area contributed by atoms with Crippen LogP contribution in [0.25, 0.3) is 10.8 Å². The summed E-state index contributed by atoms with van der Waals surface area (Å²) in [7, 11) is -3.81. The zero-order valence-electron chi connectivity index (χ0n) is 18.7. The van der Waals surface area contributed by atoms with Crippen molar-refractivity contribution in [2.75, 3.05) is 25.0 Å².